The minimum atomic E-state index is -3.79. The third-order valence-corrected chi connectivity index (χ3v) is 6.70. The van der Waals surface area contributed by atoms with Crippen LogP contribution in [0.3, 0.4) is 0 Å². The molecule has 1 heterocycles. The molecule has 3 rings (SSSR count). The van der Waals surface area contributed by atoms with E-state index in [9.17, 15) is 18.0 Å². The van der Waals surface area contributed by atoms with Gasteiger partial charge in [0.2, 0.25) is 0 Å². The summed E-state index contributed by atoms with van der Waals surface area (Å²) in [6, 6.07) is 11.6. The van der Waals surface area contributed by atoms with E-state index in [0.29, 0.717) is 26.8 Å². The van der Waals surface area contributed by atoms with Crippen molar-refractivity contribution in [1.82, 2.24) is 4.98 Å². The highest BCUT2D eigenvalue weighted by Crippen LogP contribution is 2.24. The number of rotatable bonds is 7. The van der Waals surface area contributed by atoms with Crippen molar-refractivity contribution in [2.45, 2.75) is 18.7 Å². The highest BCUT2D eigenvalue weighted by Gasteiger charge is 2.18. The average molecular weight is 480 g/mol. The summed E-state index contributed by atoms with van der Waals surface area (Å²) in [7, 11) is -3.79. The van der Waals surface area contributed by atoms with Crippen LogP contribution in [0.1, 0.15) is 32.6 Å². The van der Waals surface area contributed by atoms with E-state index in [1.807, 2.05) is 0 Å². The molecule has 0 aliphatic heterocycles. The predicted octanol–water partition coefficient (Wildman–Crippen LogP) is 4.33. The summed E-state index contributed by atoms with van der Waals surface area (Å²) < 4.78 is 32.3. The van der Waals surface area contributed by atoms with Crippen LogP contribution in [0.15, 0.2) is 53.4 Å². The Bertz CT molecular complexity index is 1210. The van der Waals surface area contributed by atoms with E-state index < -0.39 is 21.9 Å². The van der Waals surface area contributed by atoms with Crippen LogP contribution in [-0.4, -0.2) is 31.9 Å². The van der Waals surface area contributed by atoms with Crippen LogP contribution < -0.4 is 10.0 Å². The average Bonchev–Trinajstić information content (AvgIpc) is 3.09. The van der Waals surface area contributed by atoms with Gasteiger partial charge < -0.3 is 4.74 Å². The van der Waals surface area contributed by atoms with Crippen LogP contribution in [0.4, 0.5) is 10.8 Å². The third-order valence-electron chi connectivity index (χ3n) is 4.00. The summed E-state index contributed by atoms with van der Waals surface area (Å²) in [5.74, 6) is -0.938. The number of thiazole rings is 1. The number of aromatic nitrogens is 1. The van der Waals surface area contributed by atoms with Crippen LogP contribution in [0.5, 0.6) is 0 Å². The first kappa shape index (κ1) is 22.7. The van der Waals surface area contributed by atoms with Crippen molar-refractivity contribution in [3.63, 3.8) is 0 Å². The molecule has 1 amide bonds. The lowest BCUT2D eigenvalue weighted by molar-refractivity contribution is 0.0531. The molecule has 1 aromatic heterocycles. The largest absolute Gasteiger partial charge is 0.462 e. The molecule has 0 radical (unpaired) electrons. The van der Waals surface area contributed by atoms with Crippen molar-refractivity contribution < 1.29 is 22.7 Å². The molecule has 2 N–H and O–H groups in total. The minimum Gasteiger partial charge on any atom is -0.462 e. The Hall–Kier alpha value is -2.95. The monoisotopic (exact) mass is 479 g/mol. The molecule has 31 heavy (non-hydrogen) atoms. The molecular weight excluding hydrogens is 462 g/mol. The number of hydrogen-bond acceptors (Lipinski definition) is 7. The fourth-order valence-corrected chi connectivity index (χ4v) is 4.56. The van der Waals surface area contributed by atoms with Gasteiger partial charge >= 0.3 is 5.97 Å². The van der Waals surface area contributed by atoms with Crippen molar-refractivity contribution in [2.24, 2.45) is 0 Å². The minimum absolute atomic E-state index is 0.0651. The Kier molecular flexibility index (Phi) is 6.94. The lowest BCUT2D eigenvalue weighted by Gasteiger charge is -2.09. The molecule has 8 nitrogen and oxygen atoms in total. The molecule has 0 atom stereocenters. The summed E-state index contributed by atoms with van der Waals surface area (Å²) >= 11 is 6.81. The topological polar surface area (TPSA) is 114 Å². The molecule has 3 aromatic rings. The number of benzene rings is 2. The Balaban J connectivity index is 1.68. The number of carbonyl (C=O) groups excluding carboxylic acids is 2. The molecule has 0 saturated carbocycles. The Morgan fingerprint density at radius 1 is 1.10 bits per heavy atom. The van der Waals surface area contributed by atoms with E-state index in [1.54, 1.807) is 13.8 Å². The van der Waals surface area contributed by atoms with Gasteiger partial charge in [0.15, 0.2) is 5.13 Å². The van der Waals surface area contributed by atoms with Crippen molar-refractivity contribution in [3.05, 3.63) is 69.7 Å². The summed E-state index contributed by atoms with van der Waals surface area (Å²) in [4.78, 5) is 28.9. The molecular formula is C20H18ClN3O5S2. The number of amides is 1. The lowest BCUT2D eigenvalue weighted by Crippen LogP contribution is -2.14. The number of sulfonamides is 1. The van der Waals surface area contributed by atoms with Gasteiger partial charge in [0.05, 0.1) is 17.2 Å². The second-order valence-corrected chi connectivity index (χ2v) is 9.36. The van der Waals surface area contributed by atoms with Crippen molar-refractivity contribution in [1.29, 1.82) is 0 Å². The maximum Gasteiger partial charge on any atom is 0.350 e. The first-order chi connectivity index (χ1) is 14.7. The van der Waals surface area contributed by atoms with Gasteiger partial charge in [0, 0.05) is 16.3 Å². The van der Waals surface area contributed by atoms with E-state index in [0.717, 1.165) is 11.3 Å². The summed E-state index contributed by atoms with van der Waals surface area (Å²) in [6.45, 7) is 3.60. The Morgan fingerprint density at radius 3 is 2.35 bits per heavy atom. The number of anilines is 2. The van der Waals surface area contributed by atoms with Gasteiger partial charge in [-0.25, -0.2) is 18.2 Å². The SMILES string of the molecule is CCOC(=O)c1sc(NC(=O)c2ccc(NS(=O)(=O)c3ccc(Cl)cc3)cc2)nc1C. The van der Waals surface area contributed by atoms with Crippen LogP contribution in [0.25, 0.3) is 0 Å². The standard InChI is InChI=1S/C20H18ClN3O5S2/c1-3-29-19(26)17-12(2)22-20(30-17)23-18(25)13-4-8-15(9-5-13)24-31(27,28)16-10-6-14(21)7-11-16/h4-11,24H,3H2,1-2H3,(H,22,23,25). The molecule has 0 aliphatic rings. The zero-order chi connectivity index (χ0) is 22.6. The predicted molar refractivity (Wildman–Crippen MR) is 119 cm³/mol. The molecule has 2 aromatic carbocycles. The smallest absolute Gasteiger partial charge is 0.350 e. The van der Waals surface area contributed by atoms with Gasteiger partial charge in [0.25, 0.3) is 15.9 Å². The molecule has 0 unspecified atom stereocenters. The van der Waals surface area contributed by atoms with E-state index in [2.05, 4.69) is 15.0 Å². The second-order valence-electron chi connectivity index (χ2n) is 6.24. The molecule has 0 aliphatic carbocycles. The molecule has 162 valence electrons. The van der Waals surface area contributed by atoms with Crippen molar-refractivity contribution >= 4 is 55.7 Å². The quantitative estimate of drug-likeness (QED) is 0.487. The van der Waals surface area contributed by atoms with Crippen molar-refractivity contribution in [2.75, 3.05) is 16.6 Å². The van der Waals surface area contributed by atoms with Gasteiger partial charge in [-0.05, 0) is 62.4 Å². The number of nitrogens with zero attached hydrogens (tertiary/aromatic N) is 1. The first-order valence-electron chi connectivity index (χ1n) is 9.04. The Labute approximate surface area is 188 Å². The van der Waals surface area contributed by atoms with E-state index in [1.165, 1.54) is 48.5 Å². The van der Waals surface area contributed by atoms with Gasteiger partial charge in [-0.15, -0.1) is 0 Å². The fraction of sp³-hybridized carbons (Fsp3) is 0.150. The van der Waals surface area contributed by atoms with Crippen LogP contribution in [-0.2, 0) is 14.8 Å². The Morgan fingerprint density at radius 2 is 1.74 bits per heavy atom. The summed E-state index contributed by atoms with van der Waals surface area (Å²) in [6.07, 6.45) is 0. The molecule has 0 saturated heterocycles. The van der Waals surface area contributed by atoms with E-state index >= 15 is 0 Å². The normalized spacial score (nSPS) is 11.1. The van der Waals surface area contributed by atoms with Gasteiger partial charge in [-0.3, -0.25) is 14.8 Å². The van der Waals surface area contributed by atoms with E-state index in [-0.39, 0.29) is 16.6 Å². The van der Waals surface area contributed by atoms with Crippen molar-refractivity contribution in [3.8, 4) is 0 Å². The lowest BCUT2D eigenvalue weighted by atomic mass is 10.2. The number of hydrogen-bond donors (Lipinski definition) is 2. The van der Waals surface area contributed by atoms with Crippen LogP contribution in [0.2, 0.25) is 5.02 Å². The number of carbonyl (C=O) groups is 2. The molecule has 11 heteroatoms. The van der Waals surface area contributed by atoms with Gasteiger partial charge in [-0.1, -0.05) is 22.9 Å². The summed E-state index contributed by atoms with van der Waals surface area (Å²) in [5.41, 5.74) is 1.05. The summed E-state index contributed by atoms with van der Waals surface area (Å²) in [5, 5.41) is 3.32. The zero-order valence-electron chi connectivity index (χ0n) is 16.5. The highest BCUT2D eigenvalue weighted by atomic mass is 35.5. The van der Waals surface area contributed by atoms with E-state index in [4.69, 9.17) is 16.3 Å². The number of ether oxygens (including phenoxy) is 1. The molecule has 0 spiro atoms. The molecule has 0 fully saturated rings. The zero-order valence-corrected chi connectivity index (χ0v) is 18.9. The highest BCUT2D eigenvalue weighted by molar-refractivity contribution is 7.92. The maximum atomic E-state index is 12.5. The third kappa shape index (κ3) is 5.60. The second kappa shape index (κ2) is 9.46. The maximum absolute atomic E-state index is 12.5. The molecule has 0 bridgehead atoms. The van der Waals surface area contributed by atoms with Gasteiger partial charge in [-0.2, -0.15) is 0 Å². The van der Waals surface area contributed by atoms with Crippen LogP contribution >= 0.6 is 22.9 Å². The first-order valence-corrected chi connectivity index (χ1v) is 11.7. The number of esters is 1. The number of halogens is 1. The number of aryl methyl sites for hydroxylation is 1. The van der Waals surface area contributed by atoms with Gasteiger partial charge in [0.1, 0.15) is 4.88 Å². The number of nitrogens with one attached hydrogen (secondary N) is 2. The fourth-order valence-electron chi connectivity index (χ4n) is 2.52. The van der Waals surface area contributed by atoms with Crippen LogP contribution in [0, 0.1) is 6.92 Å².